The number of hydrogen-bond acceptors (Lipinski definition) is 5. The Morgan fingerprint density at radius 1 is 1.28 bits per heavy atom. The van der Waals surface area contributed by atoms with Gasteiger partial charge in [-0.15, -0.1) is 0 Å². The zero-order valence-electron chi connectivity index (χ0n) is 15.9. The van der Waals surface area contributed by atoms with Crippen molar-refractivity contribution in [3.05, 3.63) is 69.6 Å². The molecule has 1 atom stereocenters. The van der Waals surface area contributed by atoms with Crippen LogP contribution in [0.1, 0.15) is 21.7 Å². The average molecular weight is 435 g/mol. The second-order valence-electron chi connectivity index (χ2n) is 6.47. The highest BCUT2D eigenvalue weighted by atomic mass is 35.5. The number of carbonyl (C=O) groups excluding carboxylic acids is 1. The number of aromatic nitrogens is 3. The van der Waals surface area contributed by atoms with Crippen molar-refractivity contribution in [1.82, 2.24) is 20.1 Å². The Morgan fingerprint density at radius 3 is 2.72 bits per heavy atom. The van der Waals surface area contributed by atoms with Gasteiger partial charge in [0.05, 0.1) is 16.3 Å². The van der Waals surface area contributed by atoms with Gasteiger partial charge in [-0.2, -0.15) is 5.10 Å². The number of hydrogen-bond donors (Lipinski definition) is 2. The molecule has 0 saturated heterocycles. The van der Waals surface area contributed by atoms with Crippen molar-refractivity contribution in [3.8, 4) is 11.6 Å². The Hall–Kier alpha value is -2.61. The highest BCUT2D eigenvalue weighted by Gasteiger charge is 2.13. The molecule has 152 valence electrons. The average Bonchev–Trinajstić information content (AvgIpc) is 3.05. The van der Waals surface area contributed by atoms with E-state index >= 15 is 0 Å². The molecule has 0 fully saturated rings. The van der Waals surface area contributed by atoms with Crippen molar-refractivity contribution in [2.75, 3.05) is 13.2 Å². The minimum absolute atomic E-state index is 0.0101. The zero-order chi connectivity index (χ0) is 21.0. The molecule has 0 aliphatic heterocycles. The van der Waals surface area contributed by atoms with Gasteiger partial charge in [0, 0.05) is 18.4 Å². The van der Waals surface area contributed by atoms with E-state index in [4.69, 9.17) is 27.9 Å². The number of carbonyl (C=O) groups is 1. The first-order valence-corrected chi connectivity index (χ1v) is 9.63. The van der Waals surface area contributed by atoms with Crippen LogP contribution < -0.4 is 10.1 Å². The molecule has 0 spiro atoms. The number of aliphatic hydroxyl groups excluding tert-OH is 1. The Morgan fingerprint density at radius 2 is 2.07 bits per heavy atom. The van der Waals surface area contributed by atoms with Crippen LogP contribution in [-0.2, 0) is 0 Å². The van der Waals surface area contributed by atoms with E-state index in [-0.39, 0.29) is 24.1 Å². The minimum Gasteiger partial charge on any atom is -0.489 e. The highest BCUT2D eigenvalue weighted by Crippen LogP contribution is 2.31. The first kappa shape index (κ1) is 21.1. The fourth-order valence-corrected chi connectivity index (χ4v) is 3.01. The molecule has 0 saturated carbocycles. The lowest BCUT2D eigenvalue weighted by Crippen LogP contribution is -2.35. The van der Waals surface area contributed by atoms with Crippen LogP contribution in [0.3, 0.4) is 0 Å². The molecule has 7 nitrogen and oxygen atoms in total. The van der Waals surface area contributed by atoms with Gasteiger partial charge in [-0.1, -0.05) is 29.3 Å². The lowest BCUT2D eigenvalue weighted by Gasteiger charge is -2.14. The monoisotopic (exact) mass is 434 g/mol. The van der Waals surface area contributed by atoms with Gasteiger partial charge >= 0.3 is 0 Å². The van der Waals surface area contributed by atoms with Gasteiger partial charge in [0.15, 0.2) is 5.82 Å². The topological polar surface area (TPSA) is 89.3 Å². The van der Waals surface area contributed by atoms with Crippen molar-refractivity contribution in [2.24, 2.45) is 0 Å². The number of aliphatic hydroxyl groups is 1. The number of aryl methyl sites for hydroxylation is 2. The second-order valence-corrected chi connectivity index (χ2v) is 7.26. The number of nitrogens with one attached hydrogen (secondary N) is 1. The molecule has 0 aliphatic rings. The largest absolute Gasteiger partial charge is 0.489 e. The number of nitrogens with zero attached hydrogens (tertiary/aromatic N) is 3. The van der Waals surface area contributed by atoms with Crippen LogP contribution in [0, 0.1) is 13.8 Å². The number of pyridine rings is 1. The van der Waals surface area contributed by atoms with Crippen LogP contribution >= 0.6 is 23.2 Å². The van der Waals surface area contributed by atoms with Crippen molar-refractivity contribution in [3.63, 3.8) is 0 Å². The molecule has 0 bridgehead atoms. The fourth-order valence-electron chi connectivity index (χ4n) is 2.66. The standard InChI is InChI=1S/C20H20Cl2N4O3/c1-12-8-13(2)26(25-12)18-7-6-14(9-23-18)20(28)24-10-15(27)11-29-17-5-3-4-16(21)19(17)22/h3-9,15,27H,10-11H2,1-2H3,(H,24,28). The lowest BCUT2D eigenvalue weighted by atomic mass is 10.2. The third kappa shape index (κ3) is 5.26. The molecule has 0 aliphatic carbocycles. The quantitative estimate of drug-likeness (QED) is 0.594. The number of halogens is 2. The summed E-state index contributed by atoms with van der Waals surface area (Å²) in [7, 11) is 0. The van der Waals surface area contributed by atoms with E-state index in [1.807, 2.05) is 19.9 Å². The summed E-state index contributed by atoms with van der Waals surface area (Å²) in [4.78, 5) is 16.6. The van der Waals surface area contributed by atoms with Crippen LogP contribution in [0.2, 0.25) is 10.0 Å². The maximum atomic E-state index is 12.3. The lowest BCUT2D eigenvalue weighted by molar-refractivity contribution is 0.0843. The molecule has 2 heterocycles. The molecule has 9 heteroatoms. The number of amides is 1. The van der Waals surface area contributed by atoms with Gasteiger partial charge in [0.25, 0.3) is 5.91 Å². The van der Waals surface area contributed by atoms with E-state index in [9.17, 15) is 9.90 Å². The van der Waals surface area contributed by atoms with E-state index < -0.39 is 6.10 Å². The molecular weight excluding hydrogens is 415 g/mol. The van der Waals surface area contributed by atoms with E-state index in [0.717, 1.165) is 11.4 Å². The summed E-state index contributed by atoms with van der Waals surface area (Å²) >= 11 is 11.9. The van der Waals surface area contributed by atoms with E-state index in [1.54, 1.807) is 35.0 Å². The summed E-state index contributed by atoms with van der Waals surface area (Å²) in [5.41, 5.74) is 2.22. The molecule has 1 amide bonds. The maximum absolute atomic E-state index is 12.3. The molecule has 1 unspecified atom stereocenters. The van der Waals surface area contributed by atoms with Gasteiger partial charge in [0.1, 0.15) is 23.5 Å². The van der Waals surface area contributed by atoms with E-state index in [1.165, 1.54) is 6.20 Å². The maximum Gasteiger partial charge on any atom is 0.252 e. The number of rotatable bonds is 7. The predicted octanol–water partition coefficient (Wildman–Crippen LogP) is 3.36. The second kappa shape index (κ2) is 9.26. The fraction of sp³-hybridized carbons (Fsp3) is 0.250. The van der Waals surface area contributed by atoms with E-state index in [2.05, 4.69) is 15.4 Å². The van der Waals surface area contributed by atoms with E-state index in [0.29, 0.717) is 22.2 Å². The Balaban J connectivity index is 1.52. The van der Waals surface area contributed by atoms with Gasteiger partial charge in [-0.05, 0) is 44.2 Å². The van der Waals surface area contributed by atoms with Crippen molar-refractivity contribution in [2.45, 2.75) is 20.0 Å². The van der Waals surface area contributed by atoms with Crippen LogP contribution in [0.5, 0.6) is 5.75 Å². The zero-order valence-corrected chi connectivity index (χ0v) is 17.4. The molecule has 29 heavy (non-hydrogen) atoms. The molecular formula is C20H20Cl2N4O3. The highest BCUT2D eigenvalue weighted by molar-refractivity contribution is 6.42. The first-order chi connectivity index (χ1) is 13.8. The van der Waals surface area contributed by atoms with Crippen LogP contribution in [0.25, 0.3) is 5.82 Å². The van der Waals surface area contributed by atoms with Crippen LogP contribution in [0.4, 0.5) is 0 Å². The molecule has 0 radical (unpaired) electrons. The van der Waals surface area contributed by atoms with Crippen LogP contribution in [-0.4, -0.2) is 45.0 Å². The third-order valence-electron chi connectivity index (χ3n) is 4.08. The Kier molecular flexibility index (Phi) is 6.74. The normalized spacial score (nSPS) is 11.9. The summed E-state index contributed by atoms with van der Waals surface area (Å²) in [6.07, 6.45) is 0.548. The van der Waals surface area contributed by atoms with Gasteiger partial charge < -0.3 is 15.2 Å². The molecule has 1 aromatic carbocycles. The first-order valence-electron chi connectivity index (χ1n) is 8.88. The molecule has 3 rings (SSSR count). The number of benzene rings is 1. The summed E-state index contributed by atoms with van der Waals surface area (Å²) in [6, 6.07) is 10.3. The van der Waals surface area contributed by atoms with Crippen molar-refractivity contribution < 1.29 is 14.6 Å². The summed E-state index contributed by atoms with van der Waals surface area (Å²) < 4.78 is 7.16. The van der Waals surface area contributed by atoms with Gasteiger partial charge in [-0.3, -0.25) is 4.79 Å². The molecule has 2 aromatic heterocycles. The summed E-state index contributed by atoms with van der Waals surface area (Å²) in [5, 5.41) is 17.7. The smallest absolute Gasteiger partial charge is 0.252 e. The summed E-state index contributed by atoms with van der Waals surface area (Å²) in [6.45, 7) is 3.80. The van der Waals surface area contributed by atoms with Gasteiger partial charge in [-0.25, -0.2) is 9.67 Å². The Bertz CT molecular complexity index is 1010. The third-order valence-corrected chi connectivity index (χ3v) is 4.88. The molecule has 2 N–H and O–H groups in total. The summed E-state index contributed by atoms with van der Waals surface area (Å²) in [5.74, 6) is 0.643. The Labute approximate surface area is 178 Å². The molecule has 3 aromatic rings. The van der Waals surface area contributed by atoms with Crippen LogP contribution in [0.15, 0.2) is 42.6 Å². The minimum atomic E-state index is -0.920. The predicted molar refractivity (Wildman–Crippen MR) is 111 cm³/mol. The van der Waals surface area contributed by atoms with Crippen molar-refractivity contribution in [1.29, 1.82) is 0 Å². The number of ether oxygens (including phenoxy) is 1. The van der Waals surface area contributed by atoms with Gasteiger partial charge in [0.2, 0.25) is 0 Å². The van der Waals surface area contributed by atoms with Crippen molar-refractivity contribution >= 4 is 29.1 Å². The SMILES string of the molecule is Cc1cc(C)n(-c2ccc(C(=O)NCC(O)COc3cccc(Cl)c3Cl)cn2)n1.